The summed E-state index contributed by atoms with van der Waals surface area (Å²) in [5.74, 6) is 2.74. The molecule has 0 spiro atoms. The van der Waals surface area contributed by atoms with E-state index in [-0.39, 0.29) is 12.6 Å². The zero-order chi connectivity index (χ0) is 34.0. The molecule has 2 aromatic heterocycles. The smallest absolute Gasteiger partial charge is 0.213 e. The van der Waals surface area contributed by atoms with Crippen LogP contribution in [0.5, 0.6) is 5.88 Å². The Hall–Kier alpha value is -3.07. The lowest BCUT2D eigenvalue weighted by molar-refractivity contribution is -0.00430. The molecule has 3 rings (SSSR count). The van der Waals surface area contributed by atoms with Crippen LogP contribution in [0.1, 0.15) is 64.3 Å². The molecule has 1 aliphatic rings. The van der Waals surface area contributed by atoms with Gasteiger partial charge in [0.15, 0.2) is 5.82 Å². The molecular weight excluding hydrogens is 602 g/mol. The molecule has 0 bridgehead atoms. The number of hydrogen-bond donors (Lipinski definition) is 4. The average Bonchev–Trinajstić information content (AvgIpc) is 3.11. The summed E-state index contributed by atoms with van der Waals surface area (Å²) < 4.78 is 27.6. The molecule has 47 heavy (non-hydrogen) atoms. The van der Waals surface area contributed by atoms with Crippen LogP contribution in [0.25, 0.3) is 5.57 Å². The number of aliphatic hydroxyl groups is 1. The Bertz CT molecular complexity index is 1090. The quantitative estimate of drug-likeness (QED) is 0.121. The first-order valence-corrected chi connectivity index (χ1v) is 17.1. The summed E-state index contributed by atoms with van der Waals surface area (Å²) in [6, 6.07) is 6.07. The summed E-state index contributed by atoms with van der Waals surface area (Å²) in [6.07, 6.45) is 8.12. The first-order chi connectivity index (χ1) is 23.2. The molecule has 1 fully saturated rings. The molecule has 1 aliphatic heterocycles. The van der Waals surface area contributed by atoms with Crippen molar-refractivity contribution >= 4 is 17.2 Å². The van der Waals surface area contributed by atoms with E-state index in [1.165, 1.54) is 0 Å². The Balaban J connectivity index is 0.00000376. The van der Waals surface area contributed by atoms with E-state index in [4.69, 9.17) is 39.4 Å². The molecular formula is C34H59N7O6. The lowest BCUT2D eigenvalue weighted by atomic mass is 9.99. The van der Waals surface area contributed by atoms with Gasteiger partial charge in [-0.3, -0.25) is 0 Å². The fourth-order valence-electron chi connectivity index (χ4n) is 4.85. The van der Waals surface area contributed by atoms with Crippen molar-refractivity contribution in [3.63, 3.8) is 0 Å². The molecule has 0 radical (unpaired) electrons. The van der Waals surface area contributed by atoms with E-state index in [0.29, 0.717) is 77.7 Å². The summed E-state index contributed by atoms with van der Waals surface area (Å²) in [5.41, 5.74) is 7.78. The van der Waals surface area contributed by atoms with Gasteiger partial charge in [0.1, 0.15) is 18.2 Å². The third kappa shape index (κ3) is 16.1. The van der Waals surface area contributed by atoms with E-state index in [0.717, 1.165) is 68.0 Å². The molecule has 0 saturated carbocycles. The third-order valence-electron chi connectivity index (χ3n) is 7.33. The molecule has 0 aliphatic carbocycles. The maximum Gasteiger partial charge on any atom is 0.213 e. The van der Waals surface area contributed by atoms with E-state index in [2.05, 4.69) is 20.5 Å². The highest BCUT2D eigenvalue weighted by molar-refractivity contribution is 5.63. The molecule has 5 N–H and O–H groups in total. The number of aliphatic hydroxyl groups excluding tert-OH is 1. The molecule has 1 saturated heterocycles. The number of aromatic nitrogens is 3. The molecule has 1 unspecified atom stereocenters. The number of nitrogens with two attached hydrogens (primary N) is 1. The fraction of sp³-hybridized carbons (Fsp3) is 0.676. The predicted octanol–water partition coefficient (Wildman–Crippen LogP) is 3.63. The highest BCUT2D eigenvalue weighted by Crippen LogP contribution is 2.28. The topological polar surface area (TPSA) is 158 Å². The van der Waals surface area contributed by atoms with Crippen molar-refractivity contribution in [1.82, 2.24) is 20.3 Å². The van der Waals surface area contributed by atoms with Gasteiger partial charge in [0.05, 0.1) is 52.9 Å². The van der Waals surface area contributed by atoms with Crippen LogP contribution < -0.4 is 26.0 Å². The Kier molecular flexibility index (Phi) is 22.1. The summed E-state index contributed by atoms with van der Waals surface area (Å²) in [7, 11) is 1.90. The van der Waals surface area contributed by atoms with Crippen LogP contribution in [0.3, 0.4) is 0 Å². The van der Waals surface area contributed by atoms with E-state index >= 15 is 0 Å². The number of allylic oxidation sites excluding steroid dienone is 1. The number of ether oxygens (including phenoxy) is 5. The minimum Gasteiger partial charge on any atom is -0.475 e. The second-order valence-electron chi connectivity index (χ2n) is 10.6. The monoisotopic (exact) mass is 661 g/mol. The summed E-state index contributed by atoms with van der Waals surface area (Å²) in [5, 5.41) is 16.1. The van der Waals surface area contributed by atoms with Crippen molar-refractivity contribution in [2.75, 3.05) is 96.4 Å². The van der Waals surface area contributed by atoms with Crippen LogP contribution in [0.15, 0.2) is 30.6 Å². The summed E-state index contributed by atoms with van der Waals surface area (Å²) in [6.45, 7) is 13.2. The lowest BCUT2D eigenvalue weighted by Crippen LogP contribution is -2.40. The van der Waals surface area contributed by atoms with Gasteiger partial charge in [0.25, 0.3) is 0 Å². The Morgan fingerprint density at radius 2 is 1.66 bits per heavy atom. The summed E-state index contributed by atoms with van der Waals surface area (Å²) in [4.78, 5) is 16.3. The van der Waals surface area contributed by atoms with Gasteiger partial charge < -0.3 is 50.1 Å². The van der Waals surface area contributed by atoms with Crippen LogP contribution in [0, 0.1) is 0 Å². The van der Waals surface area contributed by atoms with Crippen LogP contribution in [-0.2, 0) is 25.5 Å². The molecule has 13 nitrogen and oxygen atoms in total. The molecule has 0 amide bonds. The summed E-state index contributed by atoms with van der Waals surface area (Å²) >= 11 is 0. The first-order valence-electron chi connectivity index (χ1n) is 17.1. The minimum absolute atomic E-state index is 0.160. The van der Waals surface area contributed by atoms with Crippen molar-refractivity contribution in [3.8, 4) is 5.88 Å². The maximum absolute atomic E-state index is 9.61. The minimum atomic E-state index is 0.160. The SMILES string of the molecule is CC.CC/C(=C/N)c1nc(NCc2ccc(OCCOCCOCCOCCOCCNC)nc2)cc(N2CCCCC2CCO)n1. The normalized spacial score (nSPS) is 14.9. The highest BCUT2D eigenvalue weighted by atomic mass is 16.6. The van der Waals surface area contributed by atoms with Gasteiger partial charge in [0.2, 0.25) is 5.88 Å². The van der Waals surface area contributed by atoms with Crippen molar-refractivity contribution < 1.29 is 28.8 Å². The Labute approximate surface area is 281 Å². The number of nitrogens with one attached hydrogen (secondary N) is 2. The van der Waals surface area contributed by atoms with Crippen molar-refractivity contribution in [1.29, 1.82) is 0 Å². The van der Waals surface area contributed by atoms with Gasteiger partial charge in [-0.2, -0.15) is 0 Å². The van der Waals surface area contributed by atoms with Gasteiger partial charge in [0, 0.05) is 62.4 Å². The second-order valence-corrected chi connectivity index (χ2v) is 10.6. The number of rotatable bonds is 24. The van der Waals surface area contributed by atoms with Gasteiger partial charge in [-0.15, -0.1) is 0 Å². The van der Waals surface area contributed by atoms with Crippen LogP contribution in [0.2, 0.25) is 0 Å². The van der Waals surface area contributed by atoms with E-state index in [1.807, 2.05) is 46.0 Å². The molecule has 1 atom stereocenters. The van der Waals surface area contributed by atoms with Crippen LogP contribution >= 0.6 is 0 Å². The fourth-order valence-corrected chi connectivity index (χ4v) is 4.85. The standard InChI is InChI=1S/C32H53N7O6.C2H6/c1-3-27(23-33)32-37-29(22-30(38-32)39-11-5-4-6-28(39)9-12-40)35-24-26-7-8-31(36-25-26)45-21-20-44-19-18-43-17-16-42-15-14-41-13-10-34-2;1-2/h7-8,22-23,25,28,34,40H,3-6,9-21,24,33H2,1-2H3,(H,35,37,38);1-2H3/b27-23-;. The van der Waals surface area contributed by atoms with Gasteiger partial charge >= 0.3 is 0 Å². The number of pyridine rings is 1. The van der Waals surface area contributed by atoms with Crippen molar-refractivity contribution in [2.45, 2.75) is 65.5 Å². The Morgan fingerprint density at radius 3 is 2.26 bits per heavy atom. The molecule has 0 aromatic carbocycles. The number of likely N-dealkylation sites (N-methyl/N-ethyl adjacent to an activating group) is 1. The largest absolute Gasteiger partial charge is 0.475 e. The molecule has 13 heteroatoms. The van der Waals surface area contributed by atoms with Crippen LogP contribution in [0.4, 0.5) is 11.6 Å². The predicted molar refractivity (Wildman–Crippen MR) is 187 cm³/mol. The van der Waals surface area contributed by atoms with Gasteiger partial charge in [-0.1, -0.05) is 26.8 Å². The zero-order valence-electron chi connectivity index (χ0n) is 29.0. The van der Waals surface area contributed by atoms with Crippen molar-refractivity contribution in [3.05, 3.63) is 42.0 Å². The second kappa shape index (κ2) is 26.0. The average molecular weight is 662 g/mol. The van der Waals surface area contributed by atoms with Gasteiger partial charge in [-0.25, -0.2) is 15.0 Å². The van der Waals surface area contributed by atoms with E-state index in [1.54, 1.807) is 12.4 Å². The van der Waals surface area contributed by atoms with E-state index in [9.17, 15) is 5.11 Å². The zero-order valence-corrected chi connectivity index (χ0v) is 29.0. The van der Waals surface area contributed by atoms with Crippen LogP contribution in [-0.4, -0.2) is 112 Å². The molecule has 266 valence electrons. The third-order valence-corrected chi connectivity index (χ3v) is 7.33. The maximum atomic E-state index is 9.61. The van der Waals surface area contributed by atoms with E-state index < -0.39 is 0 Å². The molecule has 2 aromatic rings. The molecule has 3 heterocycles. The number of piperidine rings is 1. The Morgan fingerprint density at radius 1 is 0.979 bits per heavy atom. The first kappa shape index (κ1) is 40.1. The lowest BCUT2D eigenvalue weighted by Gasteiger charge is -2.36. The van der Waals surface area contributed by atoms with Crippen molar-refractivity contribution in [2.24, 2.45) is 5.73 Å². The highest BCUT2D eigenvalue weighted by Gasteiger charge is 2.24. The number of hydrogen-bond acceptors (Lipinski definition) is 13. The van der Waals surface area contributed by atoms with Gasteiger partial charge in [-0.05, 0) is 44.7 Å². The number of anilines is 2. The number of nitrogens with zero attached hydrogens (tertiary/aromatic N) is 4.